The number of carbonyl (C=O) groups excluding carboxylic acids is 1. The first-order chi connectivity index (χ1) is 10.5. The second-order valence-electron chi connectivity index (χ2n) is 5.69. The van der Waals surface area contributed by atoms with Crippen molar-refractivity contribution in [2.24, 2.45) is 5.92 Å². The maximum absolute atomic E-state index is 12.1. The third-order valence-corrected chi connectivity index (χ3v) is 3.64. The van der Waals surface area contributed by atoms with Gasteiger partial charge in [-0.2, -0.15) is 0 Å². The number of nitrogens with zero attached hydrogens (tertiary/aromatic N) is 3. The number of fused-ring (bicyclic) bond motifs is 1. The van der Waals surface area contributed by atoms with E-state index >= 15 is 0 Å². The van der Waals surface area contributed by atoms with E-state index < -0.39 is 0 Å². The van der Waals surface area contributed by atoms with Gasteiger partial charge in [0.1, 0.15) is 0 Å². The highest BCUT2D eigenvalue weighted by atomic mass is 16.3. The molecule has 0 radical (unpaired) electrons. The lowest BCUT2D eigenvalue weighted by Gasteiger charge is -2.23. The van der Waals surface area contributed by atoms with E-state index in [0.29, 0.717) is 12.2 Å². The van der Waals surface area contributed by atoms with Crippen molar-refractivity contribution < 1.29 is 9.90 Å². The summed E-state index contributed by atoms with van der Waals surface area (Å²) in [6.07, 6.45) is 2.40. The van der Waals surface area contributed by atoms with Crippen LogP contribution in [0, 0.1) is 5.92 Å². The third-order valence-electron chi connectivity index (χ3n) is 3.64. The monoisotopic (exact) mass is 305 g/mol. The van der Waals surface area contributed by atoms with Crippen LogP contribution >= 0.6 is 0 Å². The van der Waals surface area contributed by atoms with Gasteiger partial charge in [-0.1, -0.05) is 19.9 Å². The van der Waals surface area contributed by atoms with Crippen LogP contribution in [0.25, 0.3) is 5.65 Å². The number of urea groups is 1. The van der Waals surface area contributed by atoms with Gasteiger partial charge in [0.25, 0.3) is 0 Å². The fourth-order valence-corrected chi connectivity index (χ4v) is 2.34. The van der Waals surface area contributed by atoms with Gasteiger partial charge in [-0.25, -0.2) is 4.79 Å². The van der Waals surface area contributed by atoms with Gasteiger partial charge in [0, 0.05) is 18.8 Å². The maximum Gasteiger partial charge on any atom is 0.315 e. The normalized spacial score (nSPS) is 14.0. The molecule has 7 heteroatoms. The van der Waals surface area contributed by atoms with Crippen molar-refractivity contribution in [2.45, 2.75) is 39.3 Å². The largest absolute Gasteiger partial charge is 0.396 e. The molecule has 0 saturated heterocycles. The highest BCUT2D eigenvalue weighted by molar-refractivity contribution is 5.74. The Balaban J connectivity index is 2.02. The Morgan fingerprint density at radius 1 is 1.27 bits per heavy atom. The molecule has 0 aliphatic carbocycles. The average molecular weight is 305 g/mol. The fraction of sp³-hybridized carbons (Fsp3) is 0.533. The number of carbonyl (C=O) groups is 1. The van der Waals surface area contributed by atoms with E-state index in [4.69, 9.17) is 5.11 Å². The minimum absolute atomic E-state index is 0.0491. The van der Waals surface area contributed by atoms with Crippen LogP contribution in [0.2, 0.25) is 0 Å². The molecule has 0 fully saturated rings. The van der Waals surface area contributed by atoms with Crippen molar-refractivity contribution >= 4 is 11.7 Å². The van der Waals surface area contributed by atoms with Crippen LogP contribution in [-0.4, -0.2) is 38.4 Å². The predicted molar refractivity (Wildman–Crippen MR) is 83.4 cm³/mol. The predicted octanol–water partition coefficient (Wildman–Crippen LogP) is 1.50. The molecule has 2 atom stereocenters. The zero-order valence-electron chi connectivity index (χ0n) is 13.2. The number of aliphatic hydroxyl groups is 1. The highest BCUT2D eigenvalue weighted by Gasteiger charge is 2.19. The zero-order valence-corrected chi connectivity index (χ0v) is 13.2. The minimum Gasteiger partial charge on any atom is -0.396 e. The number of pyridine rings is 1. The number of hydrogen-bond acceptors (Lipinski definition) is 4. The first-order valence-corrected chi connectivity index (χ1v) is 7.50. The molecular formula is C15H23N5O2. The fourth-order valence-electron chi connectivity index (χ4n) is 2.34. The highest BCUT2D eigenvalue weighted by Crippen LogP contribution is 2.12. The molecule has 2 heterocycles. The molecular weight excluding hydrogens is 282 g/mol. The molecule has 2 unspecified atom stereocenters. The lowest BCUT2D eigenvalue weighted by atomic mass is 10.0. The van der Waals surface area contributed by atoms with Crippen LogP contribution in [0.4, 0.5) is 4.79 Å². The summed E-state index contributed by atoms with van der Waals surface area (Å²) in [7, 11) is 0. The van der Waals surface area contributed by atoms with E-state index in [2.05, 4.69) is 20.8 Å². The van der Waals surface area contributed by atoms with Crippen LogP contribution in [0.5, 0.6) is 0 Å². The quantitative estimate of drug-likeness (QED) is 0.754. The zero-order chi connectivity index (χ0) is 16.1. The molecule has 2 aromatic rings. The van der Waals surface area contributed by atoms with Gasteiger partial charge in [-0.15, -0.1) is 10.2 Å². The second-order valence-corrected chi connectivity index (χ2v) is 5.69. The molecule has 120 valence electrons. The molecule has 0 bridgehead atoms. The summed E-state index contributed by atoms with van der Waals surface area (Å²) in [6.45, 7) is 5.93. The summed E-state index contributed by atoms with van der Waals surface area (Å²) in [5.74, 6) is 0.927. The Hall–Kier alpha value is -2.15. The van der Waals surface area contributed by atoms with Crippen LogP contribution in [0.15, 0.2) is 24.4 Å². The molecule has 0 spiro atoms. The van der Waals surface area contributed by atoms with E-state index in [1.807, 2.05) is 49.6 Å². The van der Waals surface area contributed by atoms with Gasteiger partial charge in [0.05, 0.1) is 6.04 Å². The molecule has 22 heavy (non-hydrogen) atoms. The van der Waals surface area contributed by atoms with Gasteiger partial charge >= 0.3 is 6.03 Å². The van der Waals surface area contributed by atoms with Crippen molar-refractivity contribution in [1.82, 2.24) is 25.2 Å². The van der Waals surface area contributed by atoms with E-state index in [-0.39, 0.29) is 30.6 Å². The van der Waals surface area contributed by atoms with Gasteiger partial charge in [-0.05, 0) is 31.4 Å². The van der Waals surface area contributed by atoms with Crippen LogP contribution < -0.4 is 10.6 Å². The molecule has 0 saturated carbocycles. The van der Waals surface area contributed by atoms with Gasteiger partial charge in [0.2, 0.25) is 0 Å². The Kier molecular flexibility index (Phi) is 5.32. The lowest BCUT2D eigenvalue weighted by molar-refractivity contribution is 0.216. The third kappa shape index (κ3) is 3.73. The summed E-state index contributed by atoms with van der Waals surface area (Å²) >= 11 is 0. The van der Waals surface area contributed by atoms with E-state index in [9.17, 15) is 4.79 Å². The molecule has 0 aliphatic heterocycles. The Labute approximate surface area is 129 Å². The van der Waals surface area contributed by atoms with Crippen molar-refractivity contribution in [2.75, 3.05) is 6.61 Å². The number of aromatic nitrogens is 3. The Morgan fingerprint density at radius 2 is 2.05 bits per heavy atom. The summed E-state index contributed by atoms with van der Waals surface area (Å²) in [5, 5.41) is 23.0. The maximum atomic E-state index is 12.1. The molecule has 0 aromatic carbocycles. The number of hydrogen-bond donors (Lipinski definition) is 3. The summed E-state index contributed by atoms with van der Waals surface area (Å²) < 4.78 is 1.85. The summed E-state index contributed by atoms with van der Waals surface area (Å²) in [5.41, 5.74) is 0.742. The van der Waals surface area contributed by atoms with Crippen molar-refractivity contribution in [3.63, 3.8) is 0 Å². The molecule has 2 aromatic heterocycles. The lowest BCUT2D eigenvalue weighted by Crippen LogP contribution is -2.45. The van der Waals surface area contributed by atoms with Crippen molar-refractivity contribution in [3.05, 3.63) is 30.2 Å². The van der Waals surface area contributed by atoms with Crippen LogP contribution in [0.1, 0.15) is 39.1 Å². The second kappa shape index (κ2) is 7.22. The van der Waals surface area contributed by atoms with Gasteiger partial charge in [-0.3, -0.25) is 4.40 Å². The molecule has 2 rings (SSSR count). The number of aliphatic hydroxyl groups excluding tert-OH is 1. The molecule has 0 aliphatic rings. The topological polar surface area (TPSA) is 91.5 Å². The van der Waals surface area contributed by atoms with Gasteiger partial charge < -0.3 is 15.7 Å². The van der Waals surface area contributed by atoms with Crippen LogP contribution in [0.3, 0.4) is 0 Å². The summed E-state index contributed by atoms with van der Waals surface area (Å²) in [6, 6.07) is 5.03. The standard InChI is InChI=1S/C15H23N5O2/c1-10(2)12(7-9-21)17-15(22)16-11(3)14-19-18-13-6-4-5-8-20(13)14/h4-6,8,10-12,21H,7,9H2,1-3H3,(H2,16,17,22). The molecule has 2 amide bonds. The van der Waals surface area contributed by atoms with E-state index in [1.165, 1.54) is 0 Å². The molecule has 3 N–H and O–H groups in total. The Bertz CT molecular complexity index is 625. The van der Waals surface area contributed by atoms with E-state index in [0.717, 1.165) is 5.65 Å². The number of nitrogens with one attached hydrogen (secondary N) is 2. The SMILES string of the molecule is CC(NC(=O)NC(CCO)C(C)C)c1nnc2ccccn12. The van der Waals surface area contributed by atoms with Crippen LogP contribution in [-0.2, 0) is 0 Å². The summed E-state index contributed by atoms with van der Waals surface area (Å²) in [4.78, 5) is 12.1. The van der Waals surface area contributed by atoms with E-state index in [1.54, 1.807) is 0 Å². The molecule has 7 nitrogen and oxygen atoms in total. The van der Waals surface area contributed by atoms with Crippen molar-refractivity contribution in [1.29, 1.82) is 0 Å². The van der Waals surface area contributed by atoms with Crippen molar-refractivity contribution in [3.8, 4) is 0 Å². The first kappa shape index (κ1) is 16.2. The average Bonchev–Trinajstić information content (AvgIpc) is 2.90. The number of amides is 2. The minimum atomic E-state index is -0.278. The Morgan fingerprint density at radius 3 is 2.73 bits per heavy atom. The number of rotatable bonds is 6. The smallest absolute Gasteiger partial charge is 0.315 e. The first-order valence-electron chi connectivity index (χ1n) is 7.50. The van der Waals surface area contributed by atoms with Gasteiger partial charge in [0.15, 0.2) is 11.5 Å².